The molecule has 4 nitrogen and oxygen atoms in total. The van der Waals surface area contributed by atoms with Crippen LogP contribution >= 0.6 is 0 Å². The summed E-state index contributed by atoms with van der Waals surface area (Å²) in [7, 11) is 0. The van der Waals surface area contributed by atoms with Gasteiger partial charge in [0, 0.05) is 12.6 Å². The molecule has 22 heavy (non-hydrogen) atoms. The van der Waals surface area contributed by atoms with Crippen LogP contribution in [-0.4, -0.2) is 30.8 Å². The van der Waals surface area contributed by atoms with Gasteiger partial charge in [-0.2, -0.15) is 0 Å². The van der Waals surface area contributed by atoms with E-state index in [0.29, 0.717) is 12.6 Å². The number of rotatable bonds is 6. The van der Waals surface area contributed by atoms with Crippen molar-refractivity contribution in [1.29, 1.82) is 0 Å². The molecule has 2 fully saturated rings. The van der Waals surface area contributed by atoms with Crippen molar-refractivity contribution < 1.29 is 9.53 Å². The van der Waals surface area contributed by atoms with Crippen molar-refractivity contribution in [2.45, 2.75) is 77.9 Å². The predicted molar refractivity (Wildman–Crippen MR) is 89.9 cm³/mol. The maximum Gasteiger partial charge on any atom is 0.407 e. The van der Waals surface area contributed by atoms with Crippen molar-refractivity contribution in [2.75, 3.05) is 13.1 Å². The van der Waals surface area contributed by atoms with Crippen LogP contribution < -0.4 is 10.6 Å². The Hall–Kier alpha value is -0.770. The number of hydrogen-bond acceptors (Lipinski definition) is 3. The second kappa shape index (κ2) is 7.67. The van der Waals surface area contributed by atoms with Crippen LogP contribution in [0.1, 0.15) is 66.2 Å². The molecule has 0 aliphatic heterocycles. The zero-order valence-electron chi connectivity index (χ0n) is 14.8. The molecule has 4 heteroatoms. The average Bonchev–Trinajstić information content (AvgIpc) is 3.21. The fourth-order valence-electron chi connectivity index (χ4n) is 3.47. The first-order chi connectivity index (χ1) is 10.3. The summed E-state index contributed by atoms with van der Waals surface area (Å²) in [6.07, 6.45) is 7.74. The molecule has 0 aromatic carbocycles. The molecule has 0 aromatic heterocycles. The molecule has 0 saturated heterocycles. The van der Waals surface area contributed by atoms with E-state index in [-0.39, 0.29) is 6.09 Å². The molecule has 0 bridgehead atoms. The highest BCUT2D eigenvalue weighted by molar-refractivity contribution is 5.67. The normalized spacial score (nSPS) is 27.3. The minimum absolute atomic E-state index is 0.300. The summed E-state index contributed by atoms with van der Waals surface area (Å²) >= 11 is 0. The van der Waals surface area contributed by atoms with E-state index in [1.54, 1.807) is 0 Å². The topological polar surface area (TPSA) is 50.4 Å². The van der Waals surface area contributed by atoms with Gasteiger partial charge in [0.2, 0.25) is 0 Å². The molecular weight excluding hydrogens is 276 g/mol. The number of carbonyl (C=O) groups is 1. The van der Waals surface area contributed by atoms with Gasteiger partial charge in [0.25, 0.3) is 0 Å². The second-order valence-corrected chi connectivity index (χ2v) is 8.37. The lowest BCUT2D eigenvalue weighted by atomic mass is 9.82. The van der Waals surface area contributed by atoms with Gasteiger partial charge in [-0.05, 0) is 70.8 Å². The Morgan fingerprint density at radius 3 is 2.55 bits per heavy atom. The largest absolute Gasteiger partial charge is 0.444 e. The Bertz CT molecular complexity index is 361. The van der Waals surface area contributed by atoms with Gasteiger partial charge >= 0.3 is 6.09 Å². The molecule has 128 valence electrons. The first-order valence-electron chi connectivity index (χ1n) is 9.03. The highest BCUT2D eigenvalue weighted by atomic mass is 16.6. The Kier molecular flexibility index (Phi) is 6.13. The SMILES string of the molecule is CC1CCCC(CNC(CNC(=O)OC(C)(C)C)C2CC2)C1. The predicted octanol–water partition coefficient (Wildman–Crippen LogP) is 3.71. The van der Waals surface area contributed by atoms with Crippen molar-refractivity contribution in [1.82, 2.24) is 10.6 Å². The third kappa shape index (κ3) is 6.55. The molecule has 1 amide bonds. The van der Waals surface area contributed by atoms with E-state index >= 15 is 0 Å². The first kappa shape index (κ1) is 17.6. The summed E-state index contributed by atoms with van der Waals surface area (Å²) in [4.78, 5) is 11.8. The van der Waals surface area contributed by atoms with Gasteiger partial charge in [-0.3, -0.25) is 0 Å². The zero-order chi connectivity index (χ0) is 16.2. The van der Waals surface area contributed by atoms with Crippen molar-refractivity contribution in [2.24, 2.45) is 17.8 Å². The molecule has 2 N–H and O–H groups in total. The van der Waals surface area contributed by atoms with Gasteiger partial charge in [-0.25, -0.2) is 4.79 Å². The molecule has 0 heterocycles. The lowest BCUT2D eigenvalue weighted by Crippen LogP contribution is -2.45. The standard InChI is InChI=1S/C18H34N2O2/c1-13-6-5-7-14(10-13)11-19-16(15-8-9-15)12-20-17(21)22-18(2,3)4/h13-16,19H,5-12H2,1-4H3,(H,20,21). The lowest BCUT2D eigenvalue weighted by Gasteiger charge is -2.29. The number of hydrogen-bond donors (Lipinski definition) is 2. The quantitative estimate of drug-likeness (QED) is 0.786. The van der Waals surface area contributed by atoms with Crippen LogP contribution in [0.3, 0.4) is 0 Å². The van der Waals surface area contributed by atoms with Crippen molar-refractivity contribution >= 4 is 6.09 Å². The maximum atomic E-state index is 11.8. The monoisotopic (exact) mass is 310 g/mol. The van der Waals surface area contributed by atoms with Crippen LogP contribution in [-0.2, 0) is 4.74 Å². The summed E-state index contributed by atoms with van der Waals surface area (Å²) in [5.41, 5.74) is -0.426. The number of amides is 1. The third-order valence-corrected chi connectivity index (χ3v) is 4.77. The molecule has 0 aromatic rings. The summed E-state index contributed by atoms with van der Waals surface area (Å²) < 4.78 is 5.32. The van der Waals surface area contributed by atoms with Crippen LogP contribution in [0.15, 0.2) is 0 Å². The minimum Gasteiger partial charge on any atom is -0.444 e. The number of alkyl carbamates (subject to hydrolysis) is 1. The van der Waals surface area contributed by atoms with Gasteiger partial charge in [0.05, 0.1) is 0 Å². The van der Waals surface area contributed by atoms with Gasteiger partial charge < -0.3 is 15.4 Å². The van der Waals surface area contributed by atoms with Gasteiger partial charge in [0.1, 0.15) is 5.60 Å². The Morgan fingerprint density at radius 1 is 1.23 bits per heavy atom. The van der Waals surface area contributed by atoms with Crippen LogP contribution in [0.5, 0.6) is 0 Å². The van der Waals surface area contributed by atoms with E-state index in [2.05, 4.69) is 17.6 Å². The van der Waals surface area contributed by atoms with Gasteiger partial charge in [-0.15, -0.1) is 0 Å². The second-order valence-electron chi connectivity index (χ2n) is 8.37. The molecule has 2 saturated carbocycles. The highest BCUT2D eigenvalue weighted by Gasteiger charge is 2.32. The Morgan fingerprint density at radius 2 is 1.95 bits per heavy atom. The van der Waals surface area contributed by atoms with E-state index in [9.17, 15) is 4.79 Å². The zero-order valence-corrected chi connectivity index (χ0v) is 14.8. The lowest BCUT2D eigenvalue weighted by molar-refractivity contribution is 0.0520. The third-order valence-electron chi connectivity index (χ3n) is 4.77. The molecule has 2 aliphatic carbocycles. The van der Waals surface area contributed by atoms with E-state index in [1.807, 2.05) is 20.8 Å². The summed E-state index contributed by atoms with van der Waals surface area (Å²) in [6.45, 7) is 9.84. The molecule has 0 radical (unpaired) electrons. The van der Waals surface area contributed by atoms with E-state index in [0.717, 1.165) is 24.3 Å². The van der Waals surface area contributed by atoms with Gasteiger partial charge in [-0.1, -0.05) is 19.8 Å². The smallest absolute Gasteiger partial charge is 0.407 e. The molecule has 3 unspecified atom stereocenters. The first-order valence-corrected chi connectivity index (χ1v) is 9.03. The van der Waals surface area contributed by atoms with E-state index in [4.69, 9.17) is 4.74 Å². The maximum absolute atomic E-state index is 11.8. The average molecular weight is 310 g/mol. The van der Waals surface area contributed by atoms with Crippen molar-refractivity contribution in [3.05, 3.63) is 0 Å². The summed E-state index contributed by atoms with van der Waals surface area (Å²) in [6, 6.07) is 0.407. The molecule has 3 atom stereocenters. The summed E-state index contributed by atoms with van der Waals surface area (Å²) in [5.74, 6) is 2.42. The molecule has 2 rings (SSSR count). The fourth-order valence-corrected chi connectivity index (χ4v) is 3.47. The van der Waals surface area contributed by atoms with Crippen LogP contribution in [0.25, 0.3) is 0 Å². The Balaban J connectivity index is 1.70. The Labute approximate surface area is 135 Å². The number of ether oxygens (including phenoxy) is 1. The van der Waals surface area contributed by atoms with Gasteiger partial charge in [0.15, 0.2) is 0 Å². The molecule has 0 spiro atoms. The summed E-state index contributed by atoms with van der Waals surface area (Å²) in [5, 5.41) is 6.65. The molecular formula is C18H34N2O2. The van der Waals surface area contributed by atoms with E-state index < -0.39 is 5.60 Å². The van der Waals surface area contributed by atoms with Crippen molar-refractivity contribution in [3.63, 3.8) is 0 Å². The minimum atomic E-state index is -0.426. The number of nitrogens with one attached hydrogen (secondary N) is 2. The highest BCUT2D eigenvalue weighted by Crippen LogP contribution is 2.33. The van der Waals surface area contributed by atoms with Crippen LogP contribution in [0.2, 0.25) is 0 Å². The van der Waals surface area contributed by atoms with Crippen LogP contribution in [0, 0.1) is 17.8 Å². The van der Waals surface area contributed by atoms with E-state index in [1.165, 1.54) is 38.5 Å². The van der Waals surface area contributed by atoms with Crippen molar-refractivity contribution in [3.8, 4) is 0 Å². The van der Waals surface area contributed by atoms with Crippen LogP contribution in [0.4, 0.5) is 4.79 Å². The fraction of sp³-hybridized carbons (Fsp3) is 0.944. The molecule has 2 aliphatic rings. The number of carbonyl (C=O) groups excluding carboxylic acids is 1.